The summed E-state index contributed by atoms with van der Waals surface area (Å²) in [5.74, 6) is 0.0437. The molecule has 2 N–H and O–H groups in total. The van der Waals surface area contributed by atoms with Crippen LogP contribution in [0.1, 0.15) is 18.9 Å². The van der Waals surface area contributed by atoms with Gasteiger partial charge in [-0.25, -0.2) is 4.39 Å². The van der Waals surface area contributed by atoms with Crippen LogP contribution in [0.2, 0.25) is 0 Å². The van der Waals surface area contributed by atoms with Crippen molar-refractivity contribution in [3.05, 3.63) is 29.6 Å². The van der Waals surface area contributed by atoms with Crippen LogP contribution < -0.4 is 10.5 Å². The van der Waals surface area contributed by atoms with Crippen molar-refractivity contribution in [1.82, 2.24) is 4.90 Å². The van der Waals surface area contributed by atoms with Gasteiger partial charge in [0.1, 0.15) is 0 Å². The summed E-state index contributed by atoms with van der Waals surface area (Å²) in [6, 6.07) is 5.43. The second-order valence-electron chi connectivity index (χ2n) is 4.48. The topological polar surface area (TPSA) is 38.5 Å². The number of likely N-dealkylation sites (tertiary alicyclic amines) is 1. The molecular weight excluding hydrogens is 219 g/mol. The lowest BCUT2D eigenvalue weighted by Crippen LogP contribution is -2.26. The molecule has 1 aromatic rings. The van der Waals surface area contributed by atoms with E-state index in [-0.39, 0.29) is 11.9 Å². The molecule has 1 aliphatic heterocycles. The van der Waals surface area contributed by atoms with Gasteiger partial charge in [0.05, 0.1) is 6.61 Å². The first-order valence-corrected chi connectivity index (χ1v) is 6.08. The number of hydrogen-bond acceptors (Lipinski definition) is 3. The van der Waals surface area contributed by atoms with Crippen molar-refractivity contribution in [3.8, 4) is 5.75 Å². The van der Waals surface area contributed by atoms with Crippen molar-refractivity contribution in [3.63, 3.8) is 0 Å². The van der Waals surface area contributed by atoms with E-state index in [0.29, 0.717) is 12.4 Å². The van der Waals surface area contributed by atoms with Crippen LogP contribution in [-0.2, 0) is 6.54 Å². The highest BCUT2D eigenvalue weighted by Crippen LogP contribution is 2.20. The van der Waals surface area contributed by atoms with Crippen LogP contribution in [0.25, 0.3) is 0 Å². The van der Waals surface area contributed by atoms with E-state index < -0.39 is 0 Å². The molecule has 0 spiro atoms. The molecule has 94 valence electrons. The standard InChI is InChI=1S/C13H19FN2O/c1-2-17-13-4-3-10(7-12(13)14)8-16-6-5-11(15)9-16/h3-4,7,11H,2,5-6,8-9,15H2,1H3/t11-/m0/s1. The van der Waals surface area contributed by atoms with Crippen molar-refractivity contribution in [2.75, 3.05) is 19.7 Å². The van der Waals surface area contributed by atoms with E-state index in [4.69, 9.17) is 10.5 Å². The normalized spacial score (nSPS) is 20.8. The molecule has 2 rings (SSSR count). The molecule has 0 radical (unpaired) electrons. The van der Waals surface area contributed by atoms with Crippen LogP contribution in [0.5, 0.6) is 5.75 Å². The van der Waals surface area contributed by atoms with Crippen LogP contribution >= 0.6 is 0 Å². The second kappa shape index (κ2) is 5.47. The summed E-state index contributed by atoms with van der Waals surface area (Å²) in [5, 5.41) is 0. The summed E-state index contributed by atoms with van der Waals surface area (Å²) in [7, 11) is 0. The Hall–Kier alpha value is -1.13. The first-order chi connectivity index (χ1) is 8.19. The number of halogens is 1. The number of nitrogens with two attached hydrogens (primary N) is 1. The van der Waals surface area contributed by atoms with Crippen LogP contribution in [-0.4, -0.2) is 30.6 Å². The van der Waals surface area contributed by atoms with Crippen LogP contribution in [0.15, 0.2) is 18.2 Å². The molecule has 17 heavy (non-hydrogen) atoms. The molecule has 1 heterocycles. The number of ether oxygens (including phenoxy) is 1. The maximum absolute atomic E-state index is 13.6. The van der Waals surface area contributed by atoms with E-state index in [1.54, 1.807) is 12.1 Å². The van der Waals surface area contributed by atoms with Gasteiger partial charge in [0.15, 0.2) is 11.6 Å². The number of nitrogens with zero attached hydrogens (tertiary/aromatic N) is 1. The lowest BCUT2D eigenvalue weighted by Gasteiger charge is -2.15. The van der Waals surface area contributed by atoms with E-state index in [1.165, 1.54) is 0 Å². The maximum atomic E-state index is 13.6. The highest BCUT2D eigenvalue weighted by Gasteiger charge is 2.19. The molecule has 3 nitrogen and oxygen atoms in total. The minimum atomic E-state index is -0.284. The Morgan fingerprint density at radius 1 is 1.53 bits per heavy atom. The van der Waals surface area contributed by atoms with Gasteiger partial charge in [-0.15, -0.1) is 0 Å². The third kappa shape index (κ3) is 3.17. The fourth-order valence-electron chi connectivity index (χ4n) is 2.18. The molecular formula is C13H19FN2O. The van der Waals surface area contributed by atoms with Gasteiger partial charge in [-0.1, -0.05) is 6.07 Å². The van der Waals surface area contributed by atoms with E-state index in [2.05, 4.69) is 4.90 Å². The zero-order valence-electron chi connectivity index (χ0n) is 10.2. The number of rotatable bonds is 4. The summed E-state index contributed by atoms with van der Waals surface area (Å²) in [5.41, 5.74) is 6.81. The largest absolute Gasteiger partial charge is 0.491 e. The van der Waals surface area contributed by atoms with Gasteiger partial charge in [0.25, 0.3) is 0 Å². The van der Waals surface area contributed by atoms with Crippen molar-refractivity contribution in [1.29, 1.82) is 0 Å². The molecule has 1 saturated heterocycles. The lowest BCUT2D eigenvalue weighted by molar-refractivity contribution is 0.315. The minimum Gasteiger partial charge on any atom is -0.491 e. The Balaban J connectivity index is 1.99. The lowest BCUT2D eigenvalue weighted by atomic mass is 10.2. The summed E-state index contributed by atoms with van der Waals surface area (Å²) in [4.78, 5) is 2.25. The Labute approximate surface area is 101 Å². The quantitative estimate of drug-likeness (QED) is 0.868. The molecule has 0 aromatic heterocycles. The number of benzene rings is 1. The van der Waals surface area contributed by atoms with Crippen molar-refractivity contribution >= 4 is 0 Å². The summed E-state index contributed by atoms with van der Waals surface area (Å²) in [6.45, 7) is 4.98. The molecule has 1 fully saturated rings. The third-order valence-electron chi connectivity index (χ3n) is 3.01. The fraction of sp³-hybridized carbons (Fsp3) is 0.538. The first-order valence-electron chi connectivity index (χ1n) is 6.08. The van der Waals surface area contributed by atoms with Gasteiger partial charge < -0.3 is 10.5 Å². The van der Waals surface area contributed by atoms with Gasteiger partial charge in [-0.3, -0.25) is 4.90 Å². The molecule has 0 bridgehead atoms. The zero-order chi connectivity index (χ0) is 12.3. The smallest absolute Gasteiger partial charge is 0.165 e. The first kappa shape index (κ1) is 12.3. The van der Waals surface area contributed by atoms with E-state index in [1.807, 2.05) is 13.0 Å². The predicted octanol–water partition coefficient (Wildman–Crippen LogP) is 1.76. The third-order valence-corrected chi connectivity index (χ3v) is 3.01. The molecule has 1 aliphatic rings. The molecule has 1 aromatic carbocycles. The predicted molar refractivity (Wildman–Crippen MR) is 65.4 cm³/mol. The van der Waals surface area contributed by atoms with Gasteiger partial charge in [-0.05, 0) is 31.0 Å². The summed E-state index contributed by atoms with van der Waals surface area (Å²) < 4.78 is 18.8. The Morgan fingerprint density at radius 3 is 2.94 bits per heavy atom. The molecule has 0 saturated carbocycles. The summed E-state index contributed by atoms with van der Waals surface area (Å²) in [6.07, 6.45) is 1.03. The van der Waals surface area contributed by atoms with Crippen LogP contribution in [0.3, 0.4) is 0 Å². The number of hydrogen-bond donors (Lipinski definition) is 1. The highest BCUT2D eigenvalue weighted by atomic mass is 19.1. The molecule has 1 atom stereocenters. The average Bonchev–Trinajstić information content (AvgIpc) is 2.68. The van der Waals surface area contributed by atoms with Gasteiger partial charge in [0.2, 0.25) is 0 Å². The minimum absolute atomic E-state index is 0.266. The van der Waals surface area contributed by atoms with Crippen molar-refractivity contribution < 1.29 is 9.13 Å². The fourth-order valence-corrected chi connectivity index (χ4v) is 2.18. The van der Waals surface area contributed by atoms with Gasteiger partial charge in [-0.2, -0.15) is 0 Å². The van der Waals surface area contributed by atoms with Gasteiger partial charge in [0, 0.05) is 25.7 Å². The van der Waals surface area contributed by atoms with Crippen LogP contribution in [0.4, 0.5) is 4.39 Å². The van der Waals surface area contributed by atoms with E-state index in [9.17, 15) is 4.39 Å². The summed E-state index contributed by atoms with van der Waals surface area (Å²) >= 11 is 0. The van der Waals surface area contributed by atoms with E-state index in [0.717, 1.165) is 31.6 Å². The van der Waals surface area contributed by atoms with Crippen LogP contribution in [0, 0.1) is 5.82 Å². The molecule has 4 heteroatoms. The molecule has 0 amide bonds. The van der Waals surface area contributed by atoms with E-state index >= 15 is 0 Å². The maximum Gasteiger partial charge on any atom is 0.165 e. The zero-order valence-corrected chi connectivity index (χ0v) is 10.2. The SMILES string of the molecule is CCOc1ccc(CN2CC[C@H](N)C2)cc1F. The second-order valence-corrected chi connectivity index (χ2v) is 4.48. The average molecular weight is 238 g/mol. The van der Waals surface area contributed by atoms with Crippen molar-refractivity contribution in [2.24, 2.45) is 5.73 Å². The van der Waals surface area contributed by atoms with Crippen molar-refractivity contribution in [2.45, 2.75) is 25.9 Å². The monoisotopic (exact) mass is 238 g/mol. The molecule has 0 unspecified atom stereocenters. The molecule has 0 aliphatic carbocycles. The Kier molecular flexibility index (Phi) is 3.97. The Bertz CT molecular complexity index is 384. The Morgan fingerprint density at radius 2 is 2.35 bits per heavy atom. The van der Waals surface area contributed by atoms with Gasteiger partial charge >= 0.3 is 0 Å². The highest BCUT2D eigenvalue weighted by molar-refractivity contribution is 5.29.